The fourth-order valence-electron chi connectivity index (χ4n) is 2.92. The molecule has 1 amide bonds. The van der Waals surface area contributed by atoms with Gasteiger partial charge in [0.25, 0.3) is 5.91 Å². The number of carbonyl (C=O) groups is 1. The molecule has 0 atom stereocenters. The number of nitrogens with zero attached hydrogens (tertiary/aromatic N) is 3. The summed E-state index contributed by atoms with van der Waals surface area (Å²) in [6.07, 6.45) is 5.95. The van der Waals surface area contributed by atoms with E-state index < -0.39 is 0 Å². The first kappa shape index (κ1) is 18.4. The van der Waals surface area contributed by atoms with Gasteiger partial charge in [0, 0.05) is 17.3 Å². The molecular formula is C23H20N4O2. The minimum atomic E-state index is -0.265. The van der Waals surface area contributed by atoms with Crippen LogP contribution in [0.2, 0.25) is 0 Å². The van der Waals surface area contributed by atoms with Gasteiger partial charge in [-0.15, -0.1) is 0 Å². The van der Waals surface area contributed by atoms with E-state index in [1.807, 2.05) is 54.7 Å². The lowest BCUT2D eigenvalue weighted by molar-refractivity contribution is 0.0955. The van der Waals surface area contributed by atoms with Crippen LogP contribution in [0.15, 0.2) is 88.7 Å². The first-order valence-corrected chi connectivity index (χ1v) is 9.36. The van der Waals surface area contributed by atoms with Crippen molar-refractivity contribution in [3.63, 3.8) is 0 Å². The number of nitrogens with one attached hydrogen (secondary N) is 1. The maximum atomic E-state index is 12.3. The maximum absolute atomic E-state index is 12.3. The first-order valence-electron chi connectivity index (χ1n) is 9.36. The normalized spacial score (nSPS) is 11.1. The molecule has 0 saturated carbocycles. The summed E-state index contributed by atoms with van der Waals surface area (Å²) in [6.45, 7) is 2.07. The predicted molar refractivity (Wildman–Crippen MR) is 112 cm³/mol. The van der Waals surface area contributed by atoms with Gasteiger partial charge in [0.05, 0.1) is 18.2 Å². The Hall–Kier alpha value is -3.93. The van der Waals surface area contributed by atoms with Crippen LogP contribution in [0.1, 0.15) is 28.4 Å². The smallest absolute Gasteiger partial charge is 0.271 e. The average molecular weight is 384 g/mol. The van der Waals surface area contributed by atoms with E-state index in [9.17, 15) is 4.79 Å². The number of amides is 1. The summed E-state index contributed by atoms with van der Waals surface area (Å²) in [7, 11) is 0. The van der Waals surface area contributed by atoms with Crippen LogP contribution in [0.3, 0.4) is 0 Å². The van der Waals surface area contributed by atoms with E-state index >= 15 is 0 Å². The lowest BCUT2D eigenvalue weighted by Crippen LogP contribution is -2.17. The molecule has 0 saturated heterocycles. The Morgan fingerprint density at radius 1 is 1.10 bits per heavy atom. The predicted octanol–water partition coefficient (Wildman–Crippen LogP) is 4.46. The van der Waals surface area contributed by atoms with Crippen molar-refractivity contribution in [2.24, 2.45) is 5.10 Å². The molecule has 0 fully saturated rings. The standard InChI is InChI=1S/C23H20N4O2/c1-2-17-10-12-18(13-11-17)23(28)25-24-15-19-16-27(20-7-4-3-5-8-20)26-22(19)21-9-6-14-29-21/h3-16H,2H2,1H3,(H,25,28)/b24-15-. The summed E-state index contributed by atoms with van der Waals surface area (Å²) in [5.74, 6) is 0.363. The van der Waals surface area contributed by atoms with E-state index in [-0.39, 0.29) is 5.91 Å². The average Bonchev–Trinajstić information content (AvgIpc) is 3.44. The van der Waals surface area contributed by atoms with E-state index in [1.54, 1.807) is 35.4 Å². The Morgan fingerprint density at radius 3 is 2.59 bits per heavy atom. The number of aryl methyl sites for hydroxylation is 1. The molecule has 2 aromatic carbocycles. The van der Waals surface area contributed by atoms with Crippen molar-refractivity contribution in [3.05, 3.63) is 95.9 Å². The quantitative estimate of drug-likeness (QED) is 0.394. The largest absolute Gasteiger partial charge is 0.463 e. The fraction of sp³-hybridized carbons (Fsp3) is 0.0870. The zero-order chi connectivity index (χ0) is 20.1. The highest BCUT2D eigenvalue weighted by Crippen LogP contribution is 2.23. The summed E-state index contributed by atoms with van der Waals surface area (Å²) < 4.78 is 7.26. The molecule has 6 heteroatoms. The third-order valence-corrected chi connectivity index (χ3v) is 4.51. The molecule has 6 nitrogen and oxygen atoms in total. The van der Waals surface area contributed by atoms with Crippen molar-refractivity contribution in [2.45, 2.75) is 13.3 Å². The van der Waals surface area contributed by atoms with Crippen molar-refractivity contribution >= 4 is 12.1 Å². The highest BCUT2D eigenvalue weighted by atomic mass is 16.3. The van der Waals surface area contributed by atoms with Gasteiger partial charge in [0.1, 0.15) is 5.69 Å². The lowest BCUT2D eigenvalue weighted by atomic mass is 10.1. The van der Waals surface area contributed by atoms with Gasteiger partial charge in [-0.2, -0.15) is 10.2 Å². The minimum absolute atomic E-state index is 0.265. The molecule has 0 aliphatic heterocycles. The van der Waals surface area contributed by atoms with Crippen LogP contribution < -0.4 is 5.43 Å². The van der Waals surface area contributed by atoms with Gasteiger partial charge in [0.15, 0.2) is 5.76 Å². The van der Waals surface area contributed by atoms with E-state index in [0.717, 1.165) is 17.7 Å². The molecule has 29 heavy (non-hydrogen) atoms. The minimum Gasteiger partial charge on any atom is -0.463 e. The van der Waals surface area contributed by atoms with Crippen molar-refractivity contribution in [2.75, 3.05) is 0 Å². The Labute approximate surface area is 168 Å². The number of hydrogen-bond donors (Lipinski definition) is 1. The molecule has 0 radical (unpaired) electrons. The summed E-state index contributed by atoms with van der Waals surface area (Å²) in [5.41, 5.74) is 6.60. The number of rotatable bonds is 6. The number of aromatic nitrogens is 2. The second-order valence-corrected chi connectivity index (χ2v) is 6.44. The molecule has 2 heterocycles. The molecule has 1 N–H and O–H groups in total. The number of benzene rings is 2. The number of furan rings is 1. The monoisotopic (exact) mass is 384 g/mol. The van der Waals surface area contributed by atoms with Gasteiger partial charge in [-0.05, 0) is 48.4 Å². The SMILES string of the molecule is CCc1ccc(C(=O)N/N=C\c2cn(-c3ccccc3)nc2-c2ccco2)cc1. The van der Waals surface area contributed by atoms with E-state index in [0.29, 0.717) is 17.0 Å². The van der Waals surface area contributed by atoms with Crippen LogP contribution in [0, 0.1) is 0 Å². The number of hydrogen-bond acceptors (Lipinski definition) is 4. The zero-order valence-corrected chi connectivity index (χ0v) is 15.9. The second kappa shape index (κ2) is 8.39. The third kappa shape index (κ3) is 4.16. The summed E-state index contributed by atoms with van der Waals surface area (Å²) in [4.78, 5) is 12.3. The van der Waals surface area contributed by atoms with Crippen LogP contribution in [0.25, 0.3) is 17.1 Å². The van der Waals surface area contributed by atoms with Crippen molar-refractivity contribution < 1.29 is 9.21 Å². The Balaban J connectivity index is 1.56. The molecule has 4 rings (SSSR count). The molecule has 144 valence electrons. The van der Waals surface area contributed by atoms with Crippen molar-refractivity contribution in [1.29, 1.82) is 0 Å². The molecule has 4 aromatic rings. The van der Waals surface area contributed by atoms with Crippen molar-refractivity contribution in [3.8, 4) is 17.1 Å². The second-order valence-electron chi connectivity index (χ2n) is 6.44. The van der Waals surface area contributed by atoms with E-state index in [1.165, 1.54) is 5.56 Å². The summed E-state index contributed by atoms with van der Waals surface area (Å²) in [5, 5.41) is 8.74. The Kier molecular flexibility index (Phi) is 5.33. The molecule has 0 spiro atoms. The number of para-hydroxylation sites is 1. The highest BCUT2D eigenvalue weighted by molar-refractivity contribution is 5.95. The number of carbonyl (C=O) groups excluding carboxylic acids is 1. The summed E-state index contributed by atoms with van der Waals surface area (Å²) in [6, 6.07) is 20.9. The lowest BCUT2D eigenvalue weighted by Gasteiger charge is -2.01. The highest BCUT2D eigenvalue weighted by Gasteiger charge is 2.13. The van der Waals surface area contributed by atoms with Gasteiger partial charge in [0.2, 0.25) is 0 Å². The molecule has 0 unspecified atom stereocenters. The molecular weight excluding hydrogens is 364 g/mol. The third-order valence-electron chi connectivity index (χ3n) is 4.51. The van der Waals surface area contributed by atoms with Crippen molar-refractivity contribution in [1.82, 2.24) is 15.2 Å². The van der Waals surface area contributed by atoms with Crippen LogP contribution in [-0.2, 0) is 6.42 Å². The van der Waals surface area contributed by atoms with Crippen LogP contribution in [-0.4, -0.2) is 21.9 Å². The van der Waals surface area contributed by atoms with Crippen LogP contribution in [0.5, 0.6) is 0 Å². The van der Waals surface area contributed by atoms with Crippen LogP contribution in [0.4, 0.5) is 0 Å². The maximum Gasteiger partial charge on any atom is 0.271 e. The van der Waals surface area contributed by atoms with Gasteiger partial charge in [-0.1, -0.05) is 37.3 Å². The molecule has 2 aromatic heterocycles. The first-order chi connectivity index (χ1) is 14.2. The zero-order valence-electron chi connectivity index (χ0n) is 15.9. The molecule has 0 bridgehead atoms. The topological polar surface area (TPSA) is 72.4 Å². The fourth-order valence-corrected chi connectivity index (χ4v) is 2.92. The van der Waals surface area contributed by atoms with Crippen LogP contribution >= 0.6 is 0 Å². The Morgan fingerprint density at radius 2 is 1.90 bits per heavy atom. The summed E-state index contributed by atoms with van der Waals surface area (Å²) >= 11 is 0. The molecule has 0 aliphatic rings. The van der Waals surface area contributed by atoms with Gasteiger partial charge in [-0.25, -0.2) is 10.1 Å². The molecule has 0 aliphatic carbocycles. The van der Waals surface area contributed by atoms with E-state index in [2.05, 4.69) is 22.5 Å². The Bertz CT molecular complexity index is 1110. The number of hydrazone groups is 1. The van der Waals surface area contributed by atoms with E-state index in [4.69, 9.17) is 4.42 Å². The van der Waals surface area contributed by atoms with Gasteiger partial charge >= 0.3 is 0 Å². The van der Waals surface area contributed by atoms with Gasteiger partial charge < -0.3 is 4.42 Å². The van der Waals surface area contributed by atoms with Gasteiger partial charge in [-0.3, -0.25) is 4.79 Å².